The lowest BCUT2D eigenvalue weighted by atomic mass is 9.66. The van der Waals surface area contributed by atoms with Gasteiger partial charge in [0.05, 0.1) is 18.1 Å². The Hall–Kier alpha value is -4.19. The van der Waals surface area contributed by atoms with Gasteiger partial charge in [-0.3, -0.25) is 9.79 Å². The lowest BCUT2D eigenvalue weighted by Crippen LogP contribution is -2.41. The fraction of sp³-hybridized carbons (Fsp3) is 0.303. The van der Waals surface area contributed by atoms with Crippen molar-refractivity contribution in [2.75, 3.05) is 19.8 Å². The summed E-state index contributed by atoms with van der Waals surface area (Å²) in [5.74, 6) is 0.180. The molecule has 1 saturated carbocycles. The van der Waals surface area contributed by atoms with Gasteiger partial charge in [-0.2, -0.15) is 0 Å². The van der Waals surface area contributed by atoms with E-state index in [-0.39, 0.29) is 24.9 Å². The molecule has 5 rings (SSSR count). The van der Waals surface area contributed by atoms with Crippen LogP contribution in [0.2, 0.25) is 0 Å². The molecule has 1 heterocycles. The number of aliphatic imine (C=N–C) groups is 1. The summed E-state index contributed by atoms with van der Waals surface area (Å²) in [5.41, 5.74) is 3.86. The average Bonchev–Trinajstić information content (AvgIpc) is 2.96. The van der Waals surface area contributed by atoms with Crippen molar-refractivity contribution >= 4 is 17.5 Å². The molecule has 1 aliphatic carbocycles. The molecule has 6 nitrogen and oxygen atoms in total. The molecule has 0 aromatic heterocycles. The lowest BCUT2D eigenvalue weighted by molar-refractivity contribution is -0.140. The van der Waals surface area contributed by atoms with E-state index in [0.717, 1.165) is 22.6 Å². The molecule has 0 bridgehead atoms. The molecule has 6 heteroatoms. The highest BCUT2D eigenvalue weighted by atomic mass is 16.6. The third kappa shape index (κ3) is 5.95. The monoisotopic (exact) mass is 523 g/mol. The Bertz CT molecular complexity index is 1360. The van der Waals surface area contributed by atoms with E-state index in [1.54, 1.807) is 0 Å². The number of ether oxygens (including phenoxy) is 3. The number of carbonyl (C=O) groups excluding carboxylic acids is 2. The lowest BCUT2D eigenvalue weighted by Gasteiger charge is -2.38. The van der Waals surface area contributed by atoms with Crippen LogP contribution in [0.5, 0.6) is 11.5 Å². The van der Waals surface area contributed by atoms with Gasteiger partial charge < -0.3 is 14.2 Å². The van der Waals surface area contributed by atoms with E-state index in [2.05, 4.69) is 12.1 Å². The van der Waals surface area contributed by atoms with Gasteiger partial charge in [0.2, 0.25) is 0 Å². The number of esters is 1. The number of fused-ring (bicyclic) bond motifs is 1. The van der Waals surface area contributed by atoms with E-state index in [1.807, 2.05) is 86.6 Å². The van der Waals surface area contributed by atoms with Crippen molar-refractivity contribution < 1.29 is 23.8 Å². The van der Waals surface area contributed by atoms with Gasteiger partial charge in [-0.1, -0.05) is 60.7 Å². The van der Waals surface area contributed by atoms with Crippen molar-refractivity contribution in [2.24, 2.45) is 10.9 Å². The highest BCUT2D eigenvalue weighted by Crippen LogP contribution is 2.46. The van der Waals surface area contributed by atoms with Gasteiger partial charge in [-0.05, 0) is 61.6 Å². The number of nitrogens with zero attached hydrogens (tertiary/aromatic N) is 1. The minimum atomic E-state index is -0.505. The van der Waals surface area contributed by atoms with Crippen LogP contribution in [0, 0.1) is 5.92 Å². The molecule has 39 heavy (non-hydrogen) atoms. The summed E-state index contributed by atoms with van der Waals surface area (Å²) in [5, 5.41) is 0. The number of Topliss-reactive ketones (excluding diaryl/α,β-unsaturated/α-hetero) is 1. The Morgan fingerprint density at radius 3 is 2.15 bits per heavy atom. The Morgan fingerprint density at radius 1 is 0.795 bits per heavy atom. The Labute approximate surface area is 229 Å². The number of allylic oxidation sites excluding steroid dienone is 1. The summed E-state index contributed by atoms with van der Waals surface area (Å²) in [6.07, 6.45) is 1.09. The fourth-order valence-electron chi connectivity index (χ4n) is 5.59. The molecular weight excluding hydrogens is 490 g/mol. The van der Waals surface area contributed by atoms with Crippen molar-refractivity contribution in [1.82, 2.24) is 0 Å². The van der Waals surface area contributed by atoms with Gasteiger partial charge in [0.1, 0.15) is 30.5 Å². The first-order chi connectivity index (χ1) is 19.0. The predicted octanol–water partition coefficient (Wildman–Crippen LogP) is 6.28. The standard InChI is InChI=1S/C33H33NO5/c1-3-37-27-16-14-24(15-17-27)31-30(33(36)39-19-18-38-26-12-8-5-9-13-26)22(2)34-28-20-25(21-29(35)32(28)31)23-10-6-4-7-11-23/h4-17,25,31-32H,3,18-21H2,1-2H3/t25-,31+,32?/m1/s1. The molecule has 200 valence electrons. The van der Waals surface area contributed by atoms with E-state index < -0.39 is 17.8 Å². The van der Waals surface area contributed by atoms with Crippen LogP contribution in [0.4, 0.5) is 0 Å². The van der Waals surface area contributed by atoms with Crippen LogP contribution in [0.3, 0.4) is 0 Å². The number of carbonyl (C=O) groups is 2. The van der Waals surface area contributed by atoms with Crippen LogP contribution in [0.15, 0.2) is 101 Å². The summed E-state index contributed by atoms with van der Waals surface area (Å²) in [6, 6.07) is 27.1. The third-order valence-electron chi connectivity index (χ3n) is 7.32. The molecule has 0 radical (unpaired) electrons. The van der Waals surface area contributed by atoms with Gasteiger partial charge in [-0.25, -0.2) is 4.79 Å². The number of hydrogen-bond donors (Lipinski definition) is 0. The molecule has 0 spiro atoms. The van der Waals surface area contributed by atoms with Crippen molar-refractivity contribution in [2.45, 2.75) is 38.5 Å². The predicted molar refractivity (Wildman–Crippen MR) is 150 cm³/mol. The number of ketones is 1. The second-order valence-electron chi connectivity index (χ2n) is 9.84. The van der Waals surface area contributed by atoms with E-state index >= 15 is 0 Å². The molecule has 1 aliphatic heterocycles. The SMILES string of the molecule is CCOc1ccc([C@H]2C(C(=O)OCCOc3ccccc3)=C(C)N=C3C[C@@H](c4ccccc4)CC(=O)C32)cc1. The molecule has 1 fully saturated rings. The molecule has 3 aromatic carbocycles. The molecule has 0 saturated heterocycles. The molecule has 0 amide bonds. The topological polar surface area (TPSA) is 74.2 Å². The maximum Gasteiger partial charge on any atom is 0.336 e. The van der Waals surface area contributed by atoms with Gasteiger partial charge in [0.15, 0.2) is 0 Å². The second kappa shape index (κ2) is 12.1. The Morgan fingerprint density at radius 2 is 1.46 bits per heavy atom. The number of benzene rings is 3. The van der Waals surface area contributed by atoms with Crippen LogP contribution in [-0.2, 0) is 14.3 Å². The first-order valence-electron chi connectivity index (χ1n) is 13.5. The van der Waals surface area contributed by atoms with Crippen molar-refractivity contribution in [3.63, 3.8) is 0 Å². The molecule has 3 aromatic rings. The largest absolute Gasteiger partial charge is 0.494 e. The average molecular weight is 524 g/mol. The normalized spacial score (nSPS) is 20.6. The van der Waals surface area contributed by atoms with Crippen LogP contribution in [0.1, 0.15) is 49.7 Å². The molecule has 1 unspecified atom stereocenters. The number of hydrogen-bond acceptors (Lipinski definition) is 6. The zero-order valence-corrected chi connectivity index (χ0v) is 22.3. The molecular formula is C33H33NO5. The summed E-state index contributed by atoms with van der Waals surface area (Å²) < 4.78 is 17.0. The van der Waals surface area contributed by atoms with E-state index in [1.165, 1.54) is 0 Å². The molecule has 3 atom stereocenters. The minimum absolute atomic E-state index is 0.0751. The summed E-state index contributed by atoms with van der Waals surface area (Å²) >= 11 is 0. The quantitative estimate of drug-likeness (QED) is 0.244. The van der Waals surface area contributed by atoms with Crippen LogP contribution < -0.4 is 9.47 Å². The van der Waals surface area contributed by atoms with E-state index in [0.29, 0.717) is 36.5 Å². The Kier molecular flexibility index (Phi) is 8.21. The minimum Gasteiger partial charge on any atom is -0.494 e. The second-order valence-corrected chi connectivity index (χ2v) is 9.84. The molecule has 0 N–H and O–H groups in total. The highest BCUT2D eigenvalue weighted by molar-refractivity contribution is 6.12. The number of para-hydroxylation sites is 1. The van der Waals surface area contributed by atoms with Gasteiger partial charge in [0, 0.05) is 23.7 Å². The third-order valence-corrected chi connectivity index (χ3v) is 7.32. The molecule has 2 aliphatic rings. The maximum atomic E-state index is 13.8. The van der Waals surface area contributed by atoms with Crippen LogP contribution in [0.25, 0.3) is 0 Å². The van der Waals surface area contributed by atoms with Gasteiger partial charge in [-0.15, -0.1) is 0 Å². The van der Waals surface area contributed by atoms with Crippen molar-refractivity contribution in [1.29, 1.82) is 0 Å². The fourth-order valence-corrected chi connectivity index (χ4v) is 5.59. The van der Waals surface area contributed by atoms with Gasteiger partial charge in [0.25, 0.3) is 0 Å². The summed E-state index contributed by atoms with van der Waals surface area (Å²) in [6.45, 7) is 4.64. The van der Waals surface area contributed by atoms with E-state index in [9.17, 15) is 9.59 Å². The van der Waals surface area contributed by atoms with Crippen LogP contribution in [-0.4, -0.2) is 37.3 Å². The smallest absolute Gasteiger partial charge is 0.336 e. The van der Waals surface area contributed by atoms with Crippen molar-refractivity contribution in [3.05, 3.63) is 107 Å². The van der Waals surface area contributed by atoms with Crippen LogP contribution >= 0.6 is 0 Å². The zero-order chi connectivity index (χ0) is 27.2. The zero-order valence-electron chi connectivity index (χ0n) is 22.3. The maximum absolute atomic E-state index is 13.8. The van der Waals surface area contributed by atoms with E-state index in [4.69, 9.17) is 19.2 Å². The summed E-state index contributed by atoms with van der Waals surface area (Å²) in [7, 11) is 0. The van der Waals surface area contributed by atoms with Gasteiger partial charge >= 0.3 is 5.97 Å². The Balaban J connectivity index is 1.42. The number of rotatable bonds is 9. The summed E-state index contributed by atoms with van der Waals surface area (Å²) in [4.78, 5) is 32.1. The van der Waals surface area contributed by atoms with Crippen molar-refractivity contribution in [3.8, 4) is 11.5 Å². The highest BCUT2D eigenvalue weighted by Gasteiger charge is 2.46. The first-order valence-corrected chi connectivity index (χ1v) is 13.5. The first kappa shape index (κ1) is 26.4.